The molecule has 11 aromatic carbocycles. The van der Waals surface area contributed by atoms with Crippen molar-refractivity contribution >= 4 is 104 Å². The summed E-state index contributed by atoms with van der Waals surface area (Å²) in [4.78, 5) is 6.48. The Hall–Kier alpha value is -8.50. The summed E-state index contributed by atoms with van der Waals surface area (Å²) < 4.78 is 1.31. The van der Waals surface area contributed by atoms with E-state index >= 15 is 0 Å². The molecule has 0 radical (unpaired) electrons. The first-order chi connectivity index (χ1) is 35.2. The number of rotatable bonds is 6. The highest BCUT2D eigenvalue weighted by Gasteiger charge is 2.56. The summed E-state index contributed by atoms with van der Waals surface area (Å²) in [7, 11) is 0. The molecule has 0 amide bonds. The highest BCUT2D eigenvalue weighted by Crippen LogP contribution is 2.69. The second kappa shape index (κ2) is 15.5. The molecule has 0 bridgehead atoms. The zero-order valence-electron chi connectivity index (χ0n) is 39.2. The molecule has 2 atom stereocenters. The van der Waals surface area contributed by atoms with Crippen LogP contribution in [-0.2, 0) is 5.41 Å². The molecule has 0 N–H and O–H groups in total. The van der Waals surface area contributed by atoms with E-state index in [4.69, 9.17) is 0 Å². The number of thiophene rings is 1. The zero-order valence-corrected chi connectivity index (χ0v) is 40.0. The molecule has 12 aromatic rings. The SMILES string of the molecule is CC1C=CC2=C(C1)c1c(N(c3ccccc3)c3cc4ccccc4c4ccccc34)cccc1C21c2cccc(N(c3ccccc3)c3cc4ccccc4c4ccccc34)c2-c2sc3ccccc3c21. The van der Waals surface area contributed by atoms with Gasteiger partial charge in [-0.3, -0.25) is 0 Å². The van der Waals surface area contributed by atoms with E-state index in [0.717, 1.165) is 17.8 Å². The van der Waals surface area contributed by atoms with E-state index < -0.39 is 5.41 Å². The molecule has 2 nitrogen and oxygen atoms in total. The van der Waals surface area contributed by atoms with Crippen LogP contribution in [0.2, 0.25) is 0 Å². The van der Waals surface area contributed by atoms with Crippen molar-refractivity contribution in [2.75, 3.05) is 9.80 Å². The van der Waals surface area contributed by atoms with Crippen molar-refractivity contribution in [1.29, 1.82) is 0 Å². The van der Waals surface area contributed by atoms with Crippen molar-refractivity contribution in [1.82, 2.24) is 0 Å². The van der Waals surface area contributed by atoms with Gasteiger partial charge in [0.1, 0.15) is 0 Å². The Morgan fingerprint density at radius 3 is 1.46 bits per heavy atom. The number of allylic oxidation sites excluding steroid dienone is 4. The van der Waals surface area contributed by atoms with E-state index in [0.29, 0.717) is 5.92 Å². The van der Waals surface area contributed by atoms with E-state index in [1.54, 1.807) is 0 Å². The van der Waals surface area contributed by atoms with Gasteiger partial charge in [0.15, 0.2) is 0 Å². The number of hydrogen-bond acceptors (Lipinski definition) is 3. The molecule has 0 aliphatic heterocycles. The highest BCUT2D eigenvalue weighted by atomic mass is 32.1. The molecule has 3 aliphatic carbocycles. The first-order valence-electron chi connectivity index (χ1n) is 24.9. The van der Waals surface area contributed by atoms with E-state index in [1.807, 2.05) is 11.3 Å². The van der Waals surface area contributed by atoms with E-state index in [1.165, 1.54) is 120 Å². The Morgan fingerprint density at radius 1 is 0.423 bits per heavy atom. The van der Waals surface area contributed by atoms with Crippen molar-refractivity contribution < 1.29 is 0 Å². The Kier molecular flexibility index (Phi) is 8.82. The van der Waals surface area contributed by atoms with Gasteiger partial charge in [0.2, 0.25) is 0 Å². The van der Waals surface area contributed by atoms with Gasteiger partial charge in [0, 0.05) is 42.9 Å². The summed E-state index contributed by atoms with van der Waals surface area (Å²) >= 11 is 1.96. The van der Waals surface area contributed by atoms with Crippen LogP contribution in [0, 0.1) is 5.92 Å². The van der Waals surface area contributed by atoms with E-state index in [9.17, 15) is 0 Å². The molecular formula is C68H46N2S. The normalized spacial score (nSPS) is 16.5. The molecule has 0 saturated heterocycles. The van der Waals surface area contributed by atoms with Crippen molar-refractivity contribution in [3.8, 4) is 10.4 Å². The number of benzene rings is 11. The number of fused-ring (bicyclic) bond motifs is 17. The molecule has 1 heterocycles. The van der Waals surface area contributed by atoms with Crippen molar-refractivity contribution in [2.45, 2.75) is 18.8 Å². The van der Waals surface area contributed by atoms with Gasteiger partial charge >= 0.3 is 0 Å². The van der Waals surface area contributed by atoms with Gasteiger partial charge in [-0.15, -0.1) is 11.3 Å². The predicted octanol–water partition coefficient (Wildman–Crippen LogP) is 19.1. The van der Waals surface area contributed by atoms with Crippen molar-refractivity contribution in [2.24, 2.45) is 5.92 Å². The molecule has 3 heteroatoms. The number of para-hydroxylation sites is 2. The van der Waals surface area contributed by atoms with Crippen LogP contribution in [0.5, 0.6) is 0 Å². The van der Waals surface area contributed by atoms with Crippen LogP contribution in [-0.4, -0.2) is 0 Å². The summed E-state index contributed by atoms with van der Waals surface area (Å²) in [6, 6.07) is 86.1. The highest BCUT2D eigenvalue weighted by molar-refractivity contribution is 7.22. The van der Waals surface area contributed by atoms with Crippen LogP contribution in [0.3, 0.4) is 0 Å². The summed E-state index contributed by atoms with van der Waals surface area (Å²) in [5.41, 5.74) is 16.0. The number of hydrogen-bond donors (Lipinski definition) is 0. The van der Waals surface area contributed by atoms with Crippen molar-refractivity contribution in [3.05, 3.63) is 271 Å². The first kappa shape index (κ1) is 40.4. The minimum Gasteiger partial charge on any atom is -0.309 e. The fourth-order valence-electron chi connectivity index (χ4n) is 12.9. The maximum atomic E-state index is 2.57. The molecule has 3 aliphatic rings. The van der Waals surface area contributed by atoms with E-state index in [-0.39, 0.29) is 0 Å². The average molecular weight is 923 g/mol. The Balaban J connectivity index is 1.06. The minimum atomic E-state index is -0.584. The van der Waals surface area contributed by atoms with Crippen LogP contribution in [0.1, 0.15) is 35.6 Å². The molecule has 1 aromatic heterocycles. The lowest BCUT2D eigenvalue weighted by Crippen LogP contribution is -2.27. The van der Waals surface area contributed by atoms with Crippen LogP contribution < -0.4 is 9.80 Å². The quantitative estimate of drug-likeness (QED) is 0.153. The summed E-state index contributed by atoms with van der Waals surface area (Å²) in [5.74, 6) is 0.372. The topological polar surface area (TPSA) is 6.48 Å². The monoisotopic (exact) mass is 922 g/mol. The van der Waals surface area contributed by atoms with Crippen LogP contribution in [0.4, 0.5) is 34.1 Å². The largest absolute Gasteiger partial charge is 0.309 e. The molecular weight excluding hydrogens is 877 g/mol. The molecule has 0 saturated carbocycles. The lowest BCUT2D eigenvalue weighted by Gasteiger charge is -2.34. The van der Waals surface area contributed by atoms with Crippen LogP contribution >= 0.6 is 11.3 Å². The van der Waals surface area contributed by atoms with Gasteiger partial charge in [0.05, 0.1) is 28.2 Å². The van der Waals surface area contributed by atoms with Gasteiger partial charge in [-0.05, 0) is 132 Å². The predicted molar refractivity (Wildman–Crippen MR) is 303 cm³/mol. The van der Waals surface area contributed by atoms with Gasteiger partial charge in [-0.25, -0.2) is 0 Å². The van der Waals surface area contributed by atoms with Gasteiger partial charge in [-0.2, -0.15) is 0 Å². The number of anilines is 6. The standard InChI is InChI=1S/C68H46N2S/c1-43-38-39-56-55(40-43)64-57(33-18-35-59(64)69(46-22-4-2-5-23-46)61-41-44-20-8-10-26-48(44)50-28-12-14-30-52(50)61)68(56)58-34-19-36-60(65(58)67-66(68)54-32-16-17-37-63(54)71-67)70(47-24-6-3-7-25-47)62-42-45-21-9-11-27-49(45)51-29-13-15-31-53(51)62/h2-39,41-43H,40H2,1H3. The third kappa shape index (κ3) is 5.70. The van der Waals surface area contributed by atoms with Gasteiger partial charge in [0.25, 0.3) is 0 Å². The summed E-state index contributed by atoms with van der Waals surface area (Å²) in [6.45, 7) is 2.39. The lowest BCUT2D eigenvalue weighted by molar-refractivity contribution is 0.727. The third-order valence-corrected chi connectivity index (χ3v) is 16.9. The molecule has 71 heavy (non-hydrogen) atoms. The summed E-state index contributed by atoms with van der Waals surface area (Å²) in [5, 5.41) is 11.3. The third-order valence-electron chi connectivity index (χ3n) is 15.7. The Morgan fingerprint density at radius 2 is 0.887 bits per heavy atom. The molecule has 0 fully saturated rings. The van der Waals surface area contributed by atoms with Gasteiger partial charge in [-0.1, -0.05) is 195 Å². The maximum absolute atomic E-state index is 2.57. The first-order valence-corrected chi connectivity index (χ1v) is 25.7. The Bertz CT molecular complexity index is 4240. The zero-order chi connectivity index (χ0) is 46.8. The van der Waals surface area contributed by atoms with Crippen LogP contribution in [0.25, 0.3) is 69.2 Å². The second-order valence-electron chi connectivity index (χ2n) is 19.6. The molecule has 15 rings (SSSR count). The molecule has 2 unspecified atom stereocenters. The molecule has 334 valence electrons. The summed E-state index contributed by atoms with van der Waals surface area (Å²) in [6.07, 6.45) is 5.95. The van der Waals surface area contributed by atoms with E-state index in [2.05, 4.69) is 259 Å². The fourth-order valence-corrected chi connectivity index (χ4v) is 14.3. The van der Waals surface area contributed by atoms with Crippen molar-refractivity contribution in [3.63, 3.8) is 0 Å². The number of nitrogens with zero attached hydrogens (tertiary/aromatic N) is 2. The molecule has 1 spiro atoms. The van der Waals surface area contributed by atoms with Gasteiger partial charge < -0.3 is 9.80 Å². The lowest BCUT2D eigenvalue weighted by atomic mass is 9.68. The Labute approximate surface area is 417 Å². The minimum absolute atomic E-state index is 0.372. The second-order valence-corrected chi connectivity index (χ2v) is 20.6. The fraction of sp³-hybridized carbons (Fsp3) is 0.0588. The maximum Gasteiger partial charge on any atom is 0.0738 e. The smallest absolute Gasteiger partial charge is 0.0738 e. The van der Waals surface area contributed by atoms with Crippen LogP contribution in [0.15, 0.2) is 248 Å². The average Bonchev–Trinajstić information content (AvgIpc) is 4.06.